The quantitative estimate of drug-likeness (QED) is 0.00750. The third-order valence-electron chi connectivity index (χ3n) is 9.74. The number of hydrogen-bond acceptors (Lipinski definition) is 19. The molecule has 0 fully saturated rings. The number of hydrogen-bond donors (Lipinski definition) is 13. The molecule has 0 aliphatic heterocycles. The predicted molar refractivity (Wildman–Crippen MR) is 269 cm³/mol. The van der Waals surface area contributed by atoms with E-state index < -0.39 is 138 Å². The Morgan fingerprint density at radius 1 is 0.533 bits per heavy atom. The molecule has 420 valence electrons. The first kappa shape index (κ1) is 67.5. The van der Waals surface area contributed by atoms with E-state index in [9.17, 15) is 67.4 Å². The number of nitrogens with one attached hydrogen (secondary N) is 10. The van der Waals surface area contributed by atoms with E-state index in [0.29, 0.717) is 0 Å². The average Bonchev–Trinajstić information content (AvgIpc) is 3.31. The number of guanidine groups is 2. The highest BCUT2D eigenvalue weighted by molar-refractivity contribution is 7.98. The number of carbonyl (C=O) groups is 13. The number of primary amides is 2. The van der Waals surface area contributed by atoms with Crippen LogP contribution in [0, 0.1) is 0 Å². The van der Waals surface area contributed by atoms with Gasteiger partial charge in [0.1, 0.15) is 35.9 Å². The number of carbonyl (C=O) groups excluding carboxylic acids is 13. The molecule has 0 heterocycles. The minimum atomic E-state index is -1.67. The van der Waals surface area contributed by atoms with E-state index >= 15 is 0 Å². The lowest BCUT2D eigenvalue weighted by atomic mass is 10.1. The Labute approximate surface area is 437 Å². The Morgan fingerprint density at radius 3 is 1.37 bits per heavy atom. The van der Waals surface area contributed by atoms with Gasteiger partial charge in [-0.2, -0.15) is 11.8 Å². The topological polar surface area (TPSA) is 458 Å². The van der Waals surface area contributed by atoms with Crippen LogP contribution in [-0.2, 0) is 71.8 Å². The van der Waals surface area contributed by atoms with Crippen molar-refractivity contribution in [3.63, 3.8) is 0 Å². The van der Waals surface area contributed by atoms with Crippen LogP contribution < -0.4 is 64.6 Å². The van der Waals surface area contributed by atoms with Gasteiger partial charge in [-0.1, -0.05) is 0 Å². The van der Waals surface area contributed by atoms with Gasteiger partial charge in [0.25, 0.3) is 5.91 Å². The van der Waals surface area contributed by atoms with E-state index in [1.54, 1.807) is 6.26 Å². The van der Waals surface area contributed by atoms with Crippen molar-refractivity contribution in [2.24, 2.45) is 21.5 Å². The number of aliphatic hydroxyl groups excluding tert-OH is 1. The Kier molecular flexibility index (Phi) is 33.5. The summed E-state index contributed by atoms with van der Waals surface area (Å²) < 4.78 is 9.49. The summed E-state index contributed by atoms with van der Waals surface area (Å²) in [6, 6.07) is -7.43. The van der Waals surface area contributed by atoms with Gasteiger partial charge in [0.2, 0.25) is 76.9 Å². The monoisotopic (exact) mass is 1080 g/mol. The number of nitrogens with zero attached hydrogens (tertiary/aromatic N) is 2. The van der Waals surface area contributed by atoms with Crippen LogP contribution in [0.15, 0.2) is 21.8 Å². The van der Waals surface area contributed by atoms with Crippen molar-refractivity contribution in [2.75, 3.05) is 39.3 Å². The Bertz CT molecular complexity index is 2100. The van der Waals surface area contributed by atoms with Crippen molar-refractivity contribution in [3.8, 4) is 0 Å². The molecule has 0 aromatic heterocycles. The zero-order chi connectivity index (χ0) is 57.2. The van der Waals surface area contributed by atoms with Crippen molar-refractivity contribution in [1.29, 1.82) is 0 Å². The van der Waals surface area contributed by atoms with Gasteiger partial charge in [-0.25, -0.2) is 0 Å². The molecule has 1 unspecified atom stereocenters. The van der Waals surface area contributed by atoms with Gasteiger partial charge in [0, 0.05) is 79.8 Å². The van der Waals surface area contributed by atoms with Crippen LogP contribution in [0.5, 0.6) is 0 Å². The molecule has 75 heavy (non-hydrogen) atoms. The number of aliphatic hydroxyl groups is 1. The highest BCUT2D eigenvalue weighted by Crippen LogP contribution is 2.10. The van der Waals surface area contributed by atoms with E-state index in [0.717, 1.165) is 14.0 Å². The van der Waals surface area contributed by atoms with E-state index in [1.807, 2.05) is 0 Å². The molecule has 0 aromatic rings. The lowest BCUT2D eigenvalue weighted by Crippen LogP contribution is -2.57. The predicted octanol–water partition coefficient (Wildman–Crippen LogP) is -4.94. The molecule has 0 spiro atoms. The van der Waals surface area contributed by atoms with E-state index in [-0.39, 0.29) is 75.7 Å². The molecule has 0 saturated carbocycles. The number of ether oxygens (including phenoxy) is 2. The second kappa shape index (κ2) is 37.2. The zero-order valence-corrected chi connectivity index (χ0v) is 44.1. The molecule has 15 N–H and O–H groups in total. The molecule has 31 heteroatoms. The SMILES string of the molecule is COC(=O)CC[C@H](NC(=O)[C@H](CCC(O)OC)NC(C)=O)C(=O)N/C(=C/CSC)C(=O)N[C@@H](CCC(N)=O)C(=O)N[C@@H](CCCN=C(NC(C)=O)NC(C)=O)C(=O)N[C@@H](CCCN=C(NC(C)=O)NC(C)=O)C(N)=O. The third-order valence-corrected chi connectivity index (χ3v) is 10.2. The van der Waals surface area contributed by atoms with Crippen LogP contribution in [0.1, 0.15) is 98.8 Å². The van der Waals surface area contributed by atoms with Crippen molar-refractivity contribution in [1.82, 2.24) is 53.2 Å². The lowest BCUT2D eigenvalue weighted by Gasteiger charge is -2.25. The number of nitrogens with two attached hydrogens (primary N) is 2. The lowest BCUT2D eigenvalue weighted by molar-refractivity contribution is -0.141. The zero-order valence-electron chi connectivity index (χ0n) is 43.3. The summed E-state index contributed by atoms with van der Waals surface area (Å²) in [7, 11) is 2.31. The summed E-state index contributed by atoms with van der Waals surface area (Å²) in [4.78, 5) is 173. The highest BCUT2D eigenvalue weighted by atomic mass is 32.2. The van der Waals surface area contributed by atoms with Crippen molar-refractivity contribution in [3.05, 3.63) is 11.8 Å². The van der Waals surface area contributed by atoms with Crippen LogP contribution in [0.2, 0.25) is 0 Å². The van der Waals surface area contributed by atoms with Gasteiger partial charge in [-0.3, -0.25) is 93.6 Å². The van der Waals surface area contributed by atoms with E-state index in [4.69, 9.17) is 16.2 Å². The Balaban J connectivity index is 6.98. The second-order valence-corrected chi connectivity index (χ2v) is 17.2. The fourth-order valence-electron chi connectivity index (χ4n) is 6.18. The normalized spacial score (nSPS) is 13.2. The van der Waals surface area contributed by atoms with Crippen molar-refractivity contribution < 1.29 is 76.9 Å². The number of aliphatic imine (C=N–C) groups is 2. The summed E-state index contributed by atoms with van der Waals surface area (Å²) in [6.07, 6.45) is -0.734. The summed E-state index contributed by atoms with van der Waals surface area (Å²) in [5.41, 5.74) is 10.6. The molecular weight excluding hydrogens is 1010 g/mol. The van der Waals surface area contributed by atoms with Gasteiger partial charge in [-0.15, -0.1) is 0 Å². The molecule has 0 aromatic carbocycles. The smallest absolute Gasteiger partial charge is 0.305 e. The molecular formula is C44H72N14O16S. The summed E-state index contributed by atoms with van der Waals surface area (Å²) in [5.74, 6) is -10.9. The number of thioether (sulfide) groups is 1. The number of esters is 1. The summed E-state index contributed by atoms with van der Waals surface area (Å²) in [5, 5.41) is 33.8. The van der Waals surface area contributed by atoms with Gasteiger partial charge in [-0.05, 0) is 57.3 Å². The highest BCUT2D eigenvalue weighted by Gasteiger charge is 2.32. The molecule has 30 nitrogen and oxygen atoms in total. The molecule has 0 rings (SSSR count). The maximum Gasteiger partial charge on any atom is 0.305 e. The molecule has 6 atom stereocenters. The maximum absolute atomic E-state index is 14.2. The molecule has 0 bridgehead atoms. The van der Waals surface area contributed by atoms with E-state index in [2.05, 4.69) is 67.9 Å². The molecule has 0 aliphatic rings. The first-order chi connectivity index (χ1) is 35.2. The van der Waals surface area contributed by atoms with Gasteiger partial charge < -0.3 is 57.9 Å². The summed E-state index contributed by atoms with van der Waals surface area (Å²) in [6.45, 7) is 5.60. The van der Waals surface area contributed by atoms with Crippen LogP contribution in [0.4, 0.5) is 0 Å². The van der Waals surface area contributed by atoms with Crippen LogP contribution >= 0.6 is 11.8 Å². The summed E-state index contributed by atoms with van der Waals surface area (Å²) >= 11 is 1.20. The van der Waals surface area contributed by atoms with Crippen molar-refractivity contribution in [2.45, 2.75) is 135 Å². The number of rotatable bonds is 32. The molecule has 12 amide bonds. The maximum atomic E-state index is 14.2. The molecule has 0 radical (unpaired) electrons. The third kappa shape index (κ3) is 31.6. The largest absolute Gasteiger partial charge is 0.469 e. The van der Waals surface area contributed by atoms with Gasteiger partial charge in [0.15, 0.2) is 6.29 Å². The van der Waals surface area contributed by atoms with Gasteiger partial charge in [0.05, 0.1) is 7.11 Å². The van der Waals surface area contributed by atoms with Crippen LogP contribution in [-0.4, -0.2) is 170 Å². The first-order valence-corrected chi connectivity index (χ1v) is 24.7. The fraction of sp³-hybridized carbons (Fsp3) is 0.614. The van der Waals surface area contributed by atoms with Crippen LogP contribution in [0.25, 0.3) is 0 Å². The molecule has 0 saturated heterocycles. The standard InChI is InChI=1S/C44H72N14O16S/c1-23(59)49-30(14-17-35(65)73-6)39(69)57-32(15-18-36(66)74-7)41(71)58-33(19-22-75-8)42(72)56-31(13-16-34(45)64)40(70)55-29(12-10-21-48-44(52-26(4)62)53-27(5)63)38(68)54-28(37(46)67)11-9-20-47-43(50-24(2)60)51-25(3)61/h19,28-32,35,65H,9-18,20-22H2,1-8H3,(H2,45,64)(H2,46,67)(H,49,59)(H,54,68)(H,55,70)(H,56,72)(H,57,69)(H,58,71)(H2,47,50,51,60,61)(H2,48,52,53,62,63)/b33-19+/t28-,29-,30-,31-,32-,35?/m0/s1. The van der Waals surface area contributed by atoms with Gasteiger partial charge >= 0.3 is 5.97 Å². The number of amides is 12. The molecule has 0 aliphatic carbocycles. The minimum Gasteiger partial charge on any atom is -0.469 e. The Morgan fingerprint density at radius 2 is 0.960 bits per heavy atom. The van der Waals surface area contributed by atoms with Crippen molar-refractivity contribution >= 4 is 101 Å². The fourth-order valence-corrected chi connectivity index (χ4v) is 6.52. The number of methoxy groups -OCH3 is 2. The average molecular weight is 1090 g/mol. The first-order valence-electron chi connectivity index (χ1n) is 23.3. The second-order valence-electron chi connectivity index (χ2n) is 16.3. The minimum absolute atomic E-state index is 0.0354. The Hall–Kier alpha value is -7.54. The van der Waals surface area contributed by atoms with Crippen LogP contribution in [0.3, 0.4) is 0 Å². The van der Waals surface area contributed by atoms with E-state index in [1.165, 1.54) is 52.6 Å².